The first-order valence-corrected chi connectivity index (χ1v) is 12.4. The van der Waals surface area contributed by atoms with Crippen LogP contribution in [0.4, 0.5) is 26.7 Å². The van der Waals surface area contributed by atoms with Crippen LogP contribution in [0.15, 0.2) is 60.8 Å². The van der Waals surface area contributed by atoms with Gasteiger partial charge in [0, 0.05) is 49.9 Å². The zero-order valence-corrected chi connectivity index (χ0v) is 21.2. The minimum Gasteiger partial charge on any atom is -0.333 e. The lowest BCUT2D eigenvalue weighted by molar-refractivity contribution is -0.137. The van der Waals surface area contributed by atoms with Crippen LogP contribution in [0.2, 0.25) is 5.02 Å². The summed E-state index contributed by atoms with van der Waals surface area (Å²) in [4.78, 5) is 18.8. The van der Waals surface area contributed by atoms with Crippen molar-refractivity contribution >= 4 is 34.6 Å². The zero-order chi connectivity index (χ0) is 27.7. The highest BCUT2D eigenvalue weighted by molar-refractivity contribution is 6.30. The van der Waals surface area contributed by atoms with Gasteiger partial charge in [-0.05, 0) is 53.1 Å². The number of amides is 1. The van der Waals surface area contributed by atoms with E-state index in [1.165, 1.54) is 41.1 Å². The molecule has 11 heteroatoms. The number of carbonyl (C=O) groups excluding carboxylic acids is 1. The molecule has 2 aromatic carbocycles. The molecule has 0 saturated carbocycles. The summed E-state index contributed by atoms with van der Waals surface area (Å²) in [5.41, 5.74) is 1.81. The van der Waals surface area contributed by atoms with Crippen molar-refractivity contribution in [2.45, 2.75) is 25.7 Å². The summed E-state index contributed by atoms with van der Waals surface area (Å²) in [6.07, 6.45) is 0.753. The Hall–Kier alpha value is -3.76. The van der Waals surface area contributed by atoms with Gasteiger partial charge in [0.05, 0.1) is 16.1 Å². The van der Waals surface area contributed by atoms with Gasteiger partial charge in [-0.15, -0.1) is 0 Å². The van der Waals surface area contributed by atoms with Crippen molar-refractivity contribution in [1.82, 2.24) is 19.8 Å². The summed E-state index contributed by atoms with van der Waals surface area (Å²) in [6, 6.07) is 10.0. The maximum absolute atomic E-state index is 13.7. The third kappa shape index (κ3) is 5.81. The van der Waals surface area contributed by atoms with Crippen LogP contribution < -0.4 is 5.32 Å². The van der Waals surface area contributed by atoms with E-state index in [4.69, 9.17) is 11.6 Å². The van der Waals surface area contributed by atoms with E-state index in [1.54, 1.807) is 12.1 Å². The molecule has 5 rings (SSSR count). The smallest absolute Gasteiger partial charge is 0.333 e. The number of hydrogen-bond acceptors (Lipinski definition) is 3. The van der Waals surface area contributed by atoms with E-state index in [2.05, 4.69) is 15.2 Å². The molecule has 0 saturated heterocycles. The van der Waals surface area contributed by atoms with E-state index in [9.17, 15) is 26.7 Å². The van der Waals surface area contributed by atoms with Crippen molar-refractivity contribution in [2.75, 3.05) is 13.1 Å². The predicted molar refractivity (Wildman–Crippen MR) is 138 cm³/mol. The molecule has 39 heavy (non-hydrogen) atoms. The summed E-state index contributed by atoms with van der Waals surface area (Å²) in [6.45, 7) is 1.45. The van der Waals surface area contributed by atoms with Gasteiger partial charge in [-0.3, -0.25) is 9.47 Å². The van der Waals surface area contributed by atoms with Crippen molar-refractivity contribution in [3.63, 3.8) is 0 Å². The maximum atomic E-state index is 13.7. The Morgan fingerprint density at radius 1 is 1.10 bits per heavy atom. The minimum absolute atomic E-state index is 0.0199. The summed E-state index contributed by atoms with van der Waals surface area (Å²) in [7, 11) is 0. The molecule has 0 unspecified atom stereocenters. The Labute approximate surface area is 225 Å². The quantitative estimate of drug-likeness (QED) is 0.215. The Morgan fingerprint density at radius 2 is 1.92 bits per heavy atom. The van der Waals surface area contributed by atoms with E-state index in [0.717, 1.165) is 17.7 Å². The first kappa shape index (κ1) is 26.8. The largest absolute Gasteiger partial charge is 0.416 e. The molecule has 0 fully saturated rings. The van der Waals surface area contributed by atoms with Crippen LogP contribution >= 0.6 is 11.6 Å². The number of fused-ring (bicyclic) bond motifs is 3. The van der Waals surface area contributed by atoms with Crippen LogP contribution in [0.3, 0.4) is 0 Å². The molecule has 0 radical (unpaired) electrons. The number of nitrogens with zero attached hydrogens (tertiary/aromatic N) is 3. The highest BCUT2D eigenvalue weighted by Crippen LogP contribution is 2.36. The molecule has 202 valence electrons. The molecular weight excluding hydrogens is 539 g/mol. The molecular formula is C28H22ClF5N4O. The second kappa shape index (κ2) is 10.8. The Balaban J connectivity index is 1.42. The maximum Gasteiger partial charge on any atom is 0.416 e. The highest BCUT2D eigenvalue weighted by atomic mass is 35.5. The molecule has 5 nitrogen and oxygen atoms in total. The number of halogens is 6. The second-order valence-electron chi connectivity index (χ2n) is 9.20. The van der Waals surface area contributed by atoms with Crippen LogP contribution in [-0.4, -0.2) is 33.6 Å². The lowest BCUT2D eigenvalue weighted by atomic mass is 10.0. The molecule has 1 aliphatic heterocycles. The van der Waals surface area contributed by atoms with Gasteiger partial charge in [-0.2, -0.15) is 17.6 Å². The molecule has 1 amide bonds. The first-order valence-electron chi connectivity index (χ1n) is 12.1. The van der Waals surface area contributed by atoms with Crippen LogP contribution in [0.1, 0.15) is 27.9 Å². The van der Waals surface area contributed by atoms with Crippen molar-refractivity contribution in [1.29, 1.82) is 0 Å². The highest BCUT2D eigenvalue weighted by Gasteiger charge is 2.33. The van der Waals surface area contributed by atoms with Crippen LogP contribution in [-0.2, 0) is 25.7 Å². The zero-order valence-electron chi connectivity index (χ0n) is 20.4. The average Bonchev–Trinajstić information content (AvgIpc) is 3.22. The third-order valence-corrected chi connectivity index (χ3v) is 6.92. The molecule has 0 bridgehead atoms. The Kier molecular flexibility index (Phi) is 7.42. The number of pyridine rings is 1. The fraction of sp³-hybridized carbons (Fsp3) is 0.214. The van der Waals surface area contributed by atoms with Gasteiger partial charge in [-0.25, -0.2) is 14.2 Å². The van der Waals surface area contributed by atoms with Crippen molar-refractivity contribution in [3.8, 4) is 0 Å². The number of nitrogens with one attached hydrogen (secondary N) is 1. The summed E-state index contributed by atoms with van der Waals surface area (Å²) in [5.74, 6) is -1.21. The first-order chi connectivity index (χ1) is 18.6. The number of rotatable bonds is 5. The number of carbonyl (C=O) groups is 1. The van der Waals surface area contributed by atoms with Crippen molar-refractivity contribution < 1.29 is 26.7 Å². The predicted octanol–water partition coefficient (Wildman–Crippen LogP) is 6.82. The summed E-state index contributed by atoms with van der Waals surface area (Å²) >= 11 is 5.73. The van der Waals surface area contributed by atoms with E-state index in [1.807, 2.05) is 6.08 Å². The fourth-order valence-electron chi connectivity index (χ4n) is 4.74. The number of hydrogen-bond donors (Lipinski definition) is 1. The molecule has 0 aliphatic carbocycles. The molecule has 3 heterocycles. The summed E-state index contributed by atoms with van der Waals surface area (Å²) in [5, 5.41) is 3.28. The average molecular weight is 561 g/mol. The van der Waals surface area contributed by atoms with Crippen molar-refractivity contribution in [3.05, 3.63) is 106 Å². The standard InChI is InChI=1S/C28H22ClF5N4O/c29-22-6-3-17(12-23(22)30)2-1-10-37-11-8-24-21(16-37)20-5-4-19(28(32,33)34)14-25(20)38(24)27(39)36-15-18-7-9-35-26(31)13-18/h1-7,9,12-14H,8,10-11,15-16H2,(H,36,39)/b2-1+. The van der Waals surface area contributed by atoms with Crippen LogP contribution in [0.5, 0.6) is 0 Å². The van der Waals surface area contributed by atoms with Crippen LogP contribution in [0.25, 0.3) is 17.0 Å². The Bertz CT molecular complexity index is 1580. The van der Waals surface area contributed by atoms with Crippen LogP contribution in [0, 0.1) is 11.8 Å². The van der Waals surface area contributed by atoms with Gasteiger partial charge < -0.3 is 5.32 Å². The topological polar surface area (TPSA) is 50.2 Å². The molecule has 1 N–H and O–H groups in total. The van der Waals surface area contributed by atoms with Crippen molar-refractivity contribution in [2.24, 2.45) is 0 Å². The van der Waals surface area contributed by atoms with Gasteiger partial charge in [-0.1, -0.05) is 35.9 Å². The summed E-state index contributed by atoms with van der Waals surface area (Å²) < 4.78 is 69.0. The monoisotopic (exact) mass is 560 g/mol. The minimum atomic E-state index is -4.58. The molecule has 0 atom stereocenters. The SMILES string of the molecule is O=C(NCc1ccnc(F)c1)n1c2c(c3ccc(C(F)(F)F)cc31)CN(C/C=C/c1ccc(Cl)c(F)c1)CC2. The van der Waals surface area contributed by atoms with E-state index in [-0.39, 0.29) is 17.1 Å². The lowest BCUT2D eigenvalue weighted by Gasteiger charge is -2.27. The van der Waals surface area contributed by atoms with Gasteiger partial charge in [0.15, 0.2) is 0 Å². The number of benzene rings is 2. The lowest BCUT2D eigenvalue weighted by Crippen LogP contribution is -2.34. The number of alkyl halides is 3. The van der Waals surface area contributed by atoms with Gasteiger partial charge in [0.1, 0.15) is 5.82 Å². The fourth-order valence-corrected chi connectivity index (χ4v) is 4.86. The van der Waals surface area contributed by atoms with Gasteiger partial charge in [0.2, 0.25) is 5.95 Å². The molecule has 0 spiro atoms. The van der Waals surface area contributed by atoms with E-state index < -0.39 is 29.5 Å². The van der Waals surface area contributed by atoms with E-state index >= 15 is 0 Å². The second-order valence-corrected chi connectivity index (χ2v) is 9.60. The number of aromatic nitrogens is 2. The molecule has 4 aromatic rings. The van der Waals surface area contributed by atoms with E-state index in [0.29, 0.717) is 48.3 Å². The molecule has 2 aromatic heterocycles. The van der Waals surface area contributed by atoms with Gasteiger partial charge >= 0.3 is 12.2 Å². The Morgan fingerprint density at radius 3 is 2.67 bits per heavy atom. The normalized spacial score (nSPS) is 14.2. The van der Waals surface area contributed by atoms with Gasteiger partial charge in [0.25, 0.3) is 0 Å². The molecule has 1 aliphatic rings. The third-order valence-electron chi connectivity index (χ3n) is 6.61.